The normalized spacial score (nSPS) is 10.5. The summed E-state index contributed by atoms with van der Waals surface area (Å²) in [7, 11) is 2.05. The molecule has 1 aromatic carbocycles. The Morgan fingerprint density at radius 3 is 2.71 bits per heavy atom. The van der Waals surface area contributed by atoms with Crippen LogP contribution < -0.4 is 10.2 Å². The van der Waals surface area contributed by atoms with Crippen molar-refractivity contribution in [1.29, 1.82) is 0 Å². The first-order chi connectivity index (χ1) is 10.1. The molecule has 1 heterocycles. The number of halogens is 1. The number of rotatable bonds is 6. The molecule has 0 atom stereocenters. The highest BCUT2D eigenvalue weighted by Crippen LogP contribution is 2.25. The quantitative estimate of drug-likeness (QED) is 0.858. The van der Waals surface area contributed by atoms with E-state index in [1.165, 1.54) is 6.42 Å². The summed E-state index contributed by atoms with van der Waals surface area (Å²) >= 11 is 6.17. The largest absolute Gasteiger partial charge is 0.360 e. The average Bonchev–Trinajstić information content (AvgIpc) is 2.46. The van der Waals surface area contributed by atoms with Crippen LogP contribution in [-0.2, 0) is 0 Å². The maximum absolute atomic E-state index is 6.17. The number of hydrogen-bond acceptors (Lipinski definition) is 4. The molecule has 0 aliphatic rings. The lowest BCUT2D eigenvalue weighted by molar-refractivity contribution is 0.756. The van der Waals surface area contributed by atoms with E-state index in [-0.39, 0.29) is 0 Å². The molecule has 0 amide bonds. The zero-order valence-corrected chi connectivity index (χ0v) is 13.5. The van der Waals surface area contributed by atoms with Crippen molar-refractivity contribution in [3.63, 3.8) is 0 Å². The summed E-state index contributed by atoms with van der Waals surface area (Å²) < 4.78 is 0. The minimum atomic E-state index is 0.676. The molecule has 21 heavy (non-hydrogen) atoms. The molecule has 0 spiro atoms. The minimum absolute atomic E-state index is 0.676. The second kappa shape index (κ2) is 7.27. The Morgan fingerprint density at radius 2 is 2.00 bits per heavy atom. The van der Waals surface area contributed by atoms with Crippen LogP contribution in [0.25, 0.3) is 0 Å². The molecule has 0 unspecified atom stereocenters. The van der Waals surface area contributed by atoms with Crippen molar-refractivity contribution in [3.05, 3.63) is 41.2 Å². The minimum Gasteiger partial charge on any atom is -0.360 e. The predicted octanol–water partition coefficient (Wildman–Crippen LogP) is 4.42. The molecule has 1 N–H and O–H groups in total. The van der Waals surface area contributed by atoms with Gasteiger partial charge in [0, 0.05) is 19.7 Å². The number of hydrogen-bond donors (Lipinski definition) is 1. The lowest BCUT2D eigenvalue weighted by Gasteiger charge is -2.19. The molecule has 0 aliphatic heterocycles. The summed E-state index contributed by atoms with van der Waals surface area (Å²) in [5.74, 6) is 2.42. The van der Waals surface area contributed by atoms with Gasteiger partial charge >= 0.3 is 0 Å². The van der Waals surface area contributed by atoms with Gasteiger partial charge in [-0.1, -0.05) is 37.1 Å². The summed E-state index contributed by atoms with van der Waals surface area (Å²) in [6, 6.07) is 9.58. The van der Waals surface area contributed by atoms with Crippen LogP contribution >= 0.6 is 11.6 Å². The first-order valence-electron chi connectivity index (χ1n) is 7.18. The van der Waals surface area contributed by atoms with E-state index >= 15 is 0 Å². The van der Waals surface area contributed by atoms with Gasteiger partial charge in [0.15, 0.2) is 0 Å². The molecule has 0 saturated carbocycles. The van der Waals surface area contributed by atoms with Crippen molar-refractivity contribution in [3.8, 4) is 0 Å². The zero-order chi connectivity index (χ0) is 15.2. The molecule has 0 saturated heterocycles. The number of para-hydroxylation sites is 1. The molecule has 2 rings (SSSR count). The number of unbranched alkanes of at least 4 members (excludes halogenated alkanes) is 1. The van der Waals surface area contributed by atoms with Crippen LogP contribution in [-0.4, -0.2) is 23.6 Å². The molecule has 4 nitrogen and oxygen atoms in total. The van der Waals surface area contributed by atoms with E-state index in [4.69, 9.17) is 11.6 Å². The second-order valence-corrected chi connectivity index (χ2v) is 5.45. The molecule has 2 aromatic rings. The maximum Gasteiger partial charge on any atom is 0.136 e. The predicted molar refractivity (Wildman–Crippen MR) is 89.7 cm³/mol. The second-order valence-electron chi connectivity index (χ2n) is 5.04. The Kier molecular flexibility index (Phi) is 5.39. The fraction of sp³-hybridized carbons (Fsp3) is 0.375. The Morgan fingerprint density at radius 1 is 1.24 bits per heavy atom. The third-order valence-electron chi connectivity index (χ3n) is 3.20. The molecular weight excluding hydrogens is 284 g/mol. The summed E-state index contributed by atoms with van der Waals surface area (Å²) in [6.07, 6.45) is 2.31. The number of nitrogens with one attached hydrogen (secondary N) is 1. The van der Waals surface area contributed by atoms with Crippen LogP contribution in [0.3, 0.4) is 0 Å². The molecule has 0 bridgehead atoms. The van der Waals surface area contributed by atoms with E-state index in [1.807, 2.05) is 37.3 Å². The number of aromatic nitrogens is 2. The van der Waals surface area contributed by atoms with E-state index in [0.717, 1.165) is 36.1 Å². The van der Waals surface area contributed by atoms with E-state index in [2.05, 4.69) is 34.2 Å². The van der Waals surface area contributed by atoms with Gasteiger partial charge in [-0.2, -0.15) is 0 Å². The maximum atomic E-state index is 6.17. The first kappa shape index (κ1) is 15.6. The highest BCUT2D eigenvalue weighted by atomic mass is 35.5. The third kappa shape index (κ3) is 4.33. The van der Waals surface area contributed by atoms with Gasteiger partial charge in [0.1, 0.15) is 17.5 Å². The highest BCUT2D eigenvalue weighted by Gasteiger charge is 2.07. The van der Waals surface area contributed by atoms with Crippen molar-refractivity contribution in [1.82, 2.24) is 9.97 Å². The standard InChI is InChI=1S/C16H21ClN4/c1-4-5-10-21(3)16-11-15(18-12(2)19-16)20-14-9-7-6-8-13(14)17/h6-9,11H,4-5,10H2,1-3H3,(H,18,19,20). The Hall–Kier alpha value is -1.81. The van der Waals surface area contributed by atoms with E-state index < -0.39 is 0 Å². The van der Waals surface area contributed by atoms with Crippen molar-refractivity contribution in [2.45, 2.75) is 26.7 Å². The van der Waals surface area contributed by atoms with Gasteiger partial charge in [0.05, 0.1) is 10.7 Å². The first-order valence-corrected chi connectivity index (χ1v) is 7.56. The Bertz CT molecular complexity index is 601. The smallest absolute Gasteiger partial charge is 0.136 e. The van der Waals surface area contributed by atoms with Gasteiger partial charge in [-0.3, -0.25) is 0 Å². The van der Waals surface area contributed by atoms with E-state index in [9.17, 15) is 0 Å². The average molecular weight is 305 g/mol. The zero-order valence-electron chi connectivity index (χ0n) is 12.7. The van der Waals surface area contributed by atoms with Gasteiger partial charge in [-0.25, -0.2) is 9.97 Å². The highest BCUT2D eigenvalue weighted by molar-refractivity contribution is 6.33. The van der Waals surface area contributed by atoms with E-state index in [0.29, 0.717) is 5.02 Å². The fourth-order valence-electron chi connectivity index (χ4n) is 2.02. The lowest BCUT2D eigenvalue weighted by atomic mass is 10.3. The van der Waals surface area contributed by atoms with Crippen LogP contribution in [0.5, 0.6) is 0 Å². The Labute approximate surface area is 131 Å². The van der Waals surface area contributed by atoms with Crippen molar-refractivity contribution in [2.24, 2.45) is 0 Å². The summed E-state index contributed by atoms with van der Waals surface area (Å²) in [5, 5.41) is 3.93. The van der Waals surface area contributed by atoms with Gasteiger partial charge < -0.3 is 10.2 Å². The van der Waals surface area contributed by atoms with Gasteiger partial charge in [-0.05, 0) is 25.5 Å². The Balaban J connectivity index is 2.21. The monoisotopic (exact) mass is 304 g/mol. The summed E-state index contributed by atoms with van der Waals surface area (Å²) in [5.41, 5.74) is 0.847. The molecule has 5 heteroatoms. The molecule has 112 valence electrons. The van der Waals surface area contributed by atoms with Gasteiger partial charge in [0.25, 0.3) is 0 Å². The number of anilines is 3. The van der Waals surface area contributed by atoms with Crippen molar-refractivity contribution in [2.75, 3.05) is 23.8 Å². The number of benzene rings is 1. The van der Waals surface area contributed by atoms with Crippen LogP contribution in [0.4, 0.5) is 17.3 Å². The number of aryl methyl sites for hydroxylation is 1. The summed E-state index contributed by atoms with van der Waals surface area (Å²) in [4.78, 5) is 11.1. The molecule has 1 aromatic heterocycles. The van der Waals surface area contributed by atoms with Crippen LogP contribution in [0.1, 0.15) is 25.6 Å². The van der Waals surface area contributed by atoms with Crippen LogP contribution in [0.2, 0.25) is 5.02 Å². The topological polar surface area (TPSA) is 41.0 Å². The van der Waals surface area contributed by atoms with Gasteiger partial charge in [-0.15, -0.1) is 0 Å². The van der Waals surface area contributed by atoms with Crippen LogP contribution in [0.15, 0.2) is 30.3 Å². The molecule has 0 fully saturated rings. The molecule has 0 aliphatic carbocycles. The SMILES string of the molecule is CCCCN(C)c1cc(Nc2ccccc2Cl)nc(C)n1. The van der Waals surface area contributed by atoms with Crippen molar-refractivity contribution < 1.29 is 0 Å². The van der Waals surface area contributed by atoms with Gasteiger partial charge in [0.2, 0.25) is 0 Å². The fourth-order valence-corrected chi connectivity index (χ4v) is 2.20. The van der Waals surface area contributed by atoms with E-state index in [1.54, 1.807) is 0 Å². The molecular formula is C16H21ClN4. The number of nitrogens with zero attached hydrogens (tertiary/aromatic N) is 3. The van der Waals surface area contributed by atoms with Crippen molar-refractivity contribution >= 4 is 28.9 Å². The summed E-state index contributed by atoms with van der Waals surface area (Å²) in [6.45, 7) is 5.07. The third-order valence-corrected chi connectivity index (χ3v) is 3.53. The molecule has 0 radical (unpaired) electrons. The van der Waals surface area contributed by atoms with Crippen LogP contribution in [0, 0.1) is 6.92 Å². The lowest BCUT2D eigenvalue weighted by Crippen LogP contribution is -2.20.